The lowest BCUT2D eigenvalue weighted by molar-refractivity contribution is -0.117. The highest BCUT2D eigenvalue weighted by Gasteiger charge is 2.31. The number of carbonyl (C=O) groups is 1. The third kappa shape index (κ3) is 3.08. The molecule has 0 aromatic carbocycles. The van der Waals surface area contributed by atoms with Crippen molar-refractivity contribution < 1.29 is 4.79 Å². The molecule has 2 aromatic heterocycles. The van der Waals surface area contributed by atoms with Gasteiger partial charge in [-0.25, -0.2) is 4.98 Å². The van der Waals surface area contributed by atoms with Gasteiger partial charge >= 0.3 is 0 Å². The van der Waals surface area contributed by atoms with Gasteiger partial charge in [0.25, 0.3) is 0 Å². The van der Waals surface area contributed by atoms with Crippen molar-refractivity contribution in [1.29, 1.82) is 0 Å². The van der Waals surface area contributed by atoms with Crippen LogP contribution in [-0.2, 0) is 4.79 Å². The Morgan fingerprint density at radius 2 is 2.21 bits per heavy atom. The fourth-order valence-corrected chi connectivity index (χ4v) is 3.47. The van der Waals surface area contributed by atoms with Crippen molar-refractivity contribution in [2.45, 2.75) is 38.6 Å². The lowest BCUT2D eigenvalue weighted by Crippen LogP contribution is -2.43. The van der Waals surface area contributed by atoms with Crippen molar-refractivity contribution in [3.63, 3.8) is 0 Å². The molecule has 1 atom stereocenters. The Morgan fingerprint density at radius 1 is 1.42 bits per heavy atom. The molecule has 130 valence electrons. The van der Waals surface area contributed by atoms with Crippen LogP contribution in [-0.4, -0.2) is 35.0 Å². The van der Waals surface area contributed by atoms with E-state index in [2.05, 4.69) is 27.1 Å². The van der Waals surface area contributed by atoms with Gasteiger partial charge in [0.2, 0.25) is 5.91 Å². The zero-order valence-electron chi connectivity index (χ0n) is 13.8. The Labute approximate surface area is 147 Å². The number of nitrogens with zero attached hydrogens (tertiary/aromatic N) is 2. The Balaban J connectivity index is 0.00000169. The number of hydrogen-bond donors (Lipinski definition) is 3. The number of carbonyl (C=O) groups excluding carboxylic acids is 1. The smallest absolute Gasteiger partial charge is 0.227 e. The number of aromatic nitrogens is 2. The molecule has 3 heterocycles. The molecule has 4 N–H and O–H groups in total. The van der Waals surface area contributed by atoms with Crippen LogP contribution in [0, 0.1) is 12.8 Å². The lowest BCUT2D eigenvalue weighted by Gasteiger charge is -2.34. The molecule has 0 bridgehead atoms. The number of aromatic amines is 1. The molecule has 2 aliphatic rings. The predicted octanol–water partition coefficient (Wildman–Crippen LogP) is 2.57. The largest absolute Gasteiger partial charge is 0.369 e. The molecule has 0 spiro atoms. The summed E-state index contributed by atoms with van der Waals surface area (Å²) in [5, 5.41) is 4.08. The fourth-order valence-electron chi connectivity index (χ4n) is 3.47. The maximum absolute atomic E-state index is 12.2. The second kappa shape index (κ2) is 6.61. The number of pyridine rings is 1. The highest BCUT2D eigenvalue weighted by molar-refractivity contribution is 6.07. The molecule has 1 saturated heterocycles. The van der Waals surface area contributed by atoms with Crippen LogP contribution in [0.2, 0.25) is 0 Å². The van der Waals surface area contributed by atoms with E-state index in [0.717, 1.165) is 66.7 Å². The van der Waals surface area contributed by atoms with E-state index in [0.29, 0.717) is 0 Å². The SMILES string of the molecule is Cc1cnc2[nH]cc(NC(=O)C3CC3)c2c1N1CCC[C@@H](N)C1.Cl. The molecule has 1 amide bonds. The number of nitrogens with one attached hydrogen (secondary N) is 2. The van der Waals surface area contributed by atoms with E-state index in [4.69, 9.17) is 5.73 Å². The van der Waals surface area contributed by atoms with Crippen LogP contribution < -0.4 is 16.0 Å². The predicted molar refractivity (Wildman–Crippen MR) is 98.9 cm³/mol. The first-order valence-electron chi connectivity index (χ1n) is 8.41. The summed E-state index contributed by atoms with van der Waals surface area (Å²) in [5.74, 6) is 0.304. The summed E-state index contributed by atoms with van der Waals surface area (Å²) in [7, 11) is 0. The van der Waals surface area contributed by atoms with E-state index >= 15 is 0 Å². The lowest BCUT2D eigenvalue weighted by atomic mass is 10.0. The number of H-pyrrole nitrogens is 1. The van der Waals surface area contributed by atoms with Crippen LogP contribution in [0.25, 0.3) is 11.0 Å². The molecule has 6 nitrogen and oxygen atoms in total. The molecule has 7 heteroatoms. The first kappa shape index (κ1) is 17.0. The molecule has 0 unspecified atom stereocenters. The van der Waals surface area contributed by atoms with E-state index < -0.39 is 0 Å². The minimum atomic E-state index is 0. The summed E-state index contributed by atoms with van der Waals surface area (Å²) in [4.78, 5) is 22.2. The molecule has 0 radical (unpaired) electrons. The van der Waals surface area contributed by atoms with Crippen LogP contribution in [0.5, 0.6) is 0 Å². The number of hydrogen-bond acceptors (Lipinski definition) is 4. The normalized spacial score (nSPS) is 20.8. The van der Waals surface area contributed by atoms with Gasteiger partial charge in [-0.1, -0.05) is 0 Å². The van der Waals surface area contributed by atoms with Crippen LogP contribution in [0.15, 0.2) is 12.4 Å². The second-order valence-corrected chi connectivity index (χ2v) is 6.83. The monoisotopic (exact) mass is 349 g/mol. The molecule has 2 fully saturated rings. The number of halogens is 1. The van der Waals surface area contributed by atoms with Crippen molar-refractivity contribution in [3.8, 4) is 0 Å². The zero-order chi connectivity index (χ0) is 16.0. The van der Waals surface area contributed by atoms with Gasteiger partial charge in [0.1, 0.15) is 5.65 Å². The molecule has 1 saturated carbocycles. The molecular weight excluding hydrogens is 326 g/mol. The topological polar surface area (TPSA) is 87.0 Å². The van der Waals surface area contributed by atoms with Crippen molar-refractivity contribution in [1.82, 2.24) is 9.97 Å². The van der Waals surface area contributed by atoms with Gasteiger partial charge in [-0.05, 0) is 38.2 Å². The second-order valence-electron chi connectivity index (χ2n) is 6.83. The van der Waals surface area contributed by atoms with Crippen LogP contribution in [0.1, 0.15) is 31.2 Å². The number of piperidine rings is 1. The van der Waals surface area contributed by atoms with Gasteiger partial charge in [0.05, 0.1) is 16.8 Å². The molecule has 24 heavy (non-hydrogen) atoms. The van der Waals surface area contributed by atoms with E-state index in [9.17, 15) is 4.79 Å². The first-order valence-corrected chi connectivity index (χ1v) is 8.41. The van der Waals surface area contributed by atoms with Crippen LogP contribution >= 0.6 is 12.4 Å². The third-order valence-corrected chi connectivity index (χ3v) is 4.84. The number of rotatable bonds is 3. The standard InChI is InChI=1S/C17H23N5O.ClH/c1-10-7-19-16-14(15(10)22-6-2-3-12(18)9-22)13(8-20-16)21-17(23)11-4-5-11;/h7-8,11-12H,2-6,9,18H2,1H3,(H,19,20)(H,21,23);1H/t12-;/m1./s1. The summed E-state index contributed by atoms with van der Waals surface area (Å²) in [6.07, 6.45) is 7.91. The maximum Gasteiger partial charge on any atom is 0.227 e. The number of aryl methyl sites for hydroxylation is 1. The Bertz CT molecular complexity index is 755. The molecular formula is C17H24ClN5O. The van der Waals surface area contributed by atoms with Crippen molar-refractivity contribution in [2.75, 3.05) is 23.3 Å². The van der Waals surface area contributed by atoms with E-state index in [1.54, 1.807) is 0 Å². The van der Waals surface area contributed by atoms with Crippen LogP contribution in [0.3, 0.4) is 0 Å². The third-order valence-electron chi connectivity index (χ3n) is 4.84. The zero-order valence-corrected chi connectivity index (χ0v) is 14.7. The summed E-state index contributed by atoms with van der Waals surface area (Å²) in [5.41, 5.74) is 10.1. The Hall–Kier alpha value is -1.79. The first-order chi connectivity index (χ1) is 11.1. The Kier molecular flexibility index (Phi) is 4.69. The van der Waals surface area contributed by atoms with Gasteiger partial charge in [-0.3, -0.25) is 4.79 Å². The summed E-state index contributed by atoms with van der Waals surface area (Å²) in [6, 6.07) is 0.204. The quantitative estimate of drug-likeness (QED) is 0.794. The van der Waals surface area contributed by atoms with Crippen molar-refractivity contribution in [2.24, 2.45) is 11.7 Å². The number of anilines is 2. The summed E-state index contributed by atoms with van der Waals surface area (Å²) >= 11 is 0. The minimum Gasteiger partial charge on any atom is -0.369 e. The minimum absolute atomic E-state index is 0. The number of amides is 1. The van der Waals surface area contributed by atoms with Gasteiger partial charge in [-0.15, -0.1) is 12.4 Å². The van der Waals surface area contributed by atoms with Crippen molar-refractivity contribution >= 4 is 40.7 Å². The van der Waals surface area contributed by atoms with Gasteiger partial charge in [0, 0.05) is 37.4 Å². The molecule has 2 aromatic rings. The average Bonchev–Trinajstić information content (AvgIpc) is 3.31. The number of nitrogens with two attached hydrogens (primary N) is 1. The summed E-state index contributed by atoms with van der Waals surface area (Å²) in [6.45, 7) is 3.91. The van der Waals surface area contributed by atoms with E-state index in [-0.39, 0.29) is 30.3 Å². The van der Waals surface area contributed by atoms with E-state index in [1.807, 2.05) is 12.4 Å². The molecule has 1 aliphatic heterocycles. The van der Waals surface area contributed by atoms with Gasteiger partial charge < -0.3 is 20.9 Å². The molecule has 1 aliphatic carbocycles. The number of fused-ring (bicyclic) bond motifs is 1. The van der Waals surface area contributed by atoms with Crippen LogP contribution in [0.4, 0.5) is 11.4 Å². The maximum atomic E-state index is 12.2. The van der Waals surface area contributed by atoms with Gasteiger partial charge in [-0.2, -0.15) is 0 Å². The highest BCUT2D eigenvalue weighted by Crippen LogP contribution is 2.37. The molecule has 4 rings (SSSR count). The van der Waals surface area contributed by atoms with Gasteiger partial charge in [0.15, 0.2) is 0 Å². The van der Waals surface area contributed by atoms with E-state index in [1.165, 1.54) is 0 Å². The fraction of sp³-hybridized carbons (Fsp3) is 0.529. The average molecular weight is 350 g/mol. The highest BCUT2D eigenvalue weighted by atomic mass is 35.5. The Morgan fingerprint density at radius 3 is 2.92 bits per heavy atom. The summed E-state index contributed by atoms with van der Waals surface area (Å²) < 4.78 is 0. The van der Waals surface area contributed by atoms with Crippen molar-refractivity contribution in [3.05, 3.63) is 18.0 Å².